The third kappa shape index (κ3) is 4.48. The number of benzene rings is 1. The SMILES string of the molecule is CCCC(=O)Oc1cc(C(C)(C)C)c(O)c(C(C)(C)C)c1. The lowest BCUT2D eigenvalue weighted by Gasteiger charge is -2.27. The van der Waals surface area contributed by atoms with Crippen LogP contribution in [-0.4, -0.2) is 11.1 Å². The second kappa shape index (κ2) is 6.08. The lowest BCUT2D eigenvalue weighted by atomic mass is 9.79. The molecule has 3 heteroatoms. The van der Waals surface area contributed by atoms with E-state index in [0.29, 0.717) is 17.9 Å². The van der Waals surface area contributed by atoms with Crippen LogP contribution in [0.2, 0.25) is 0 Å². The molecule has 1 rings (SSSR count). The van der Waals surface area contributed by atoms with Crippen LogP contribution in [0, 0.1) is 0 Å². The number of hydrogen-bond donors (Lipinski definition) is 1. The smallest absolute Gasteiger partial charge is 0.311 e. The van der Waals surface area contributed by atoms with E-state index >= 15 is 0 Å². The van der Waals surface area contributed by atoms with Crippen LogP contribution in [0.1, 0.15) is 72.4 Å². The van der Waals surface area contributed by atoms with Crippen molar-refractivity contribution in [3.8, 4) is 11.5 Å². The van der Waals surface area contributed by atoms with Crippen molar-refractivity contribution < 1.29 is 14.6 Å². The first-order valence-electron chi connectivity index (χ1n) is 7.55. The molecule has 0 atom stereocenters. The van der Waals surface area contributed by atoms with Gasteiger partial charge in [0.25, 0.3) is 0 Å². The molecule has 1 aromatic rings. The topological polar surface area (TPSA) is 46.5 Å². The van der Waals surface area contributed by atoms with E-state index in [1.807, 2.05) is 48.5 Å². The van der Waals surface area contributed by atoms with E-state index in [0.717, 1.165) is 17.5 Å². The predicted molar refractivity (Wildman–Crippen MR) is 86.0 cm³/mol. The Kier molecular flexibility index (Phi) is 5.08. The summed E-state index contributed by atoms with van der Waals surface area (Å²) in [7, 11) is 0. The van der Waals surface area contributed by atoms with Crippen molar-refractivity contribution in [2.75, 3.05) is 0 Å². The molecule has 118 valence electrons. The van der Waals surface area contributed by atoms with Gasteiger partial charge in [-0.25, -0.2) is 0 Å². The first-order valence-corrected chi connectivity index (χ1v) is 7.55. The average Bonchev–Trinajstić information content (AvgIpc) is 2.28. The van der Waals surface area contributed by atoms with E-state index in [9.17, 15) is 9.90 Å². The van der Waals surface area contributed by atoms with Crippen LogP contribution in [0.5, 0.6) is 11.5 Å². The standard InChI is InChI=1S/C18H28O3/c1-8-9-15(19)21-12-10-13(17(2,3)4)16(20)14(11-12)18(5,6)7/h10-11,20H,8-9H2,1-7H3. The van der Waals surface area contributed by atoms with Gasteiger partial charge in [0, 0.05) is 17.5 Å². The highest BCUT2D eigenvalue weighted by atomic mass is 16.5. The van der Waals surface area contributed by atoms with E-state index < -0.39 is 0 Å². The van der Waals surface area contributed by atoms with Crippen LogP contribution in [-0.2, 0) is 15.6 Å². The van der Waals surface area contributed by atoms with Crippen LogP contribution >= 0.6 is 0 Å². The Morgan fingerprint density at radius 2 is 1.48 bits per heavy atom. The first kappa shape index (κ1) is 17.5. The van der Waals surface area contributed by atoms with Crippen LogP contribution in [0.4, 0.5) is 0 Å². The third-order valence-corrected chi connectivity index (χ3v) is 3.39. The van der Waals surface area contributed by atoms with Crippen molar-refractivity contribution >= 4 is 5.97 Å². The summed E-state index contributed by atoms with van der Waals surface area (Å²) < 4.78 is 5.43. The van der Waals surface area contributed by atoms with Gasteiger partial charge in [0.05, 0.1) is 0 Å². The fourth-order valence-corrected chi connectivity index (χ4v) is 2.20. The number of carbonyl (C=O) groups is 1. The maximum atomic E-state index is 11.7. The van der Waals surface area contributed by atoms with Gasteiger partial charge in [-0.2, -0.15) is 0 Å². The zero-order chi connectivity index (χ0) is 16.4. The van der Waals surface area contributed by atoms with Crippen molar-refractivity contribution in [1.82, 2.24) is 0 Å². The Bertz CT molecular complexity index is 481. The number of carbonyl (C=O) groups excluding carboxylic acids is 1. The van der Waals surface area contributed by atoms with E-state index in [1.165, 1.54) is 0 Å². The van der Waals surface area contributed by atoms with Crippen LogP contribution in [0.25, 0.3) is 0 Å². The highest BCUT2D eigenvalue weighted by Gasteiger charge is 2.27. The highest BCUT2D eigenvalue weighted by Crippen LogP contribution is 2.41. The highest BCUT2D eigenvalue weighted by molar-refractivity contribution is 5.72. The molecule has 1 N–H and O–H groups in total. The van der Waals surface area contributed by atoms with Gasteiger partial charge in [-0.05, 0) is 29.4 Å². The summed E-state index contributed by atoms with van der Waals surface area (Å²) in [5.74, 6) is 0.578. The number of esters is 1. The predicted octanol–water partition coefficient (Wildman–Crippen LogP) is 4.69. The maximum absolute atomic E-state index is 11.7. The molecule has 0 amide bonds. The van der Waals surface area contributed by atoms with E-state index in [2.05, 4.69) is 0 Å². The van der Waals surface area contributed by atoms with Crippen molar-refractivity contribution in [1.29, 1.82) is 0 Å². The van der Waals surface area contributed by atoms with Crippen molar-refractivity contribution in [2.24, 2.45) is 0 Å². The molecule has 3 nitrogen and oxygen atoms in total. The Morgan fingerprint density at radius 3 is 1.81 bits per heavy atom. The molecule has 0 fully saturated rings. The zero-order valence-electron chi connectivity index (χ0n) is 14.3. The van der Waals surface area contributed by atoms with Crippen molar-refractivity contribution in [3.63, 3.8) is 0 Å². The minimum atomic E-state index is -0.233. The van der Waals surface area contributed by atoms with E-state index in [1.54, 1.807) is 12.1 Å². The number of rotatable bonds is 3. The first-order chi connectivity index (χ1) is 9.46. The minimum Gasteiger partial charge on any atom is -0.507 e. The monoisotopic (exact) mass is 292 g/mol. The molecule has 0 aliphatic carbocycles. The number of ether oxygens (including phenoxy) is 1. The lowest BCUT2D eigenvalue weighted by Crippen LogP contribution is -2.18. The molecule has 21 heavy (non-hydrogen) atoms. The van der Waals surface area contributed by atoms with E-state index in [4.69, 9.17) is 4.74 Å². The fourth-order valence-electron chi connectivity index (χ4n) is 2.20. The van der Waals surface area contributed by atoms with Crippen molar-refractivity contribution in [2.45, 2.75) is 72.1 Å². The summed E-state index contributed by atoms with van der Waals surface area (Å²) in [6, 6.07) is 3.55. The molecule has 0 radical (unpaired) electrons. The summed E-state index contributed by atoms with van der Waals surface area (Å²) in [6.07, 6.45) is 1.16. The summed E-state index contributed by atoms with van der Waals surface area (Å²) in [5, 5.41) is 10.6. The number of phenols is 1. The molecule has 0 aliphatic rings. The molecule has 0 spiro atoms. The van der Waals surface area contributed by atoms with Gasteiger partial charge < -0.3 is 9.84 Å². The summed E-state index contributed by atoms with van der Waals surface area (Å²) in [6.45, 7) is 14.1. The Morgan fingerprint density at radius 1 is 1.05 bits per heavy atom. The zero-order valence-corrected chi connectivity index (χ0v) is 14.3. The lowest BCUT2D eigenvalue weighted by molar-refractivity contribution is -0.134. The van der Waals surface area contributed by atoms with Crippen LogP contribution in [0.3, 0.4) is 0 Å². The normalized spacial score (nSPS) is 12.3. The molecule has 0 unspecified atom stereocenters. The molecule has 0 saturated carbocycles. The molecule has 0 heterocycles. The van der Waals surface area contributed by atoms with Gasteiger partial charge in [-0.1, -0.05) is 48.5 Å². The molecular weight excluding hydrogens is 264 g/mol. The third-order valence-electron chi connectivity index (χ3n) is 3.39. The summed E-state index contributed by atoms with van der Waals surface area (Å²) >= 11 is 0. The second-order valence-electron chi connectivity index (χ2n) is 7.59. The van der Waals surface area contributed by atoms with Gasteiger partial charge in [0.15, 0.2) is 0 Å². The Labute approximate surface area is 128 Å². The number of aromatic hydroxyl groups is 1. The molecule has 0 saturated heterocycles. The van der Waals surface area contributed by atoms with Gasteiger partial charge in [-0.3, -0.25) is 4.79 Å². The Balaban J connectivity index is 3.37. The quantitative estimate of drug-likeness (QED) is 0.649. The van der Waals surface area contributed by atoms with E-state index in [-0.39, 0.29) is 16.8 Å². The van der Waals surface area contributed by atoms with Gasteiger partial charge >= 0.3 is 5.97 Å². The largest absolute Gasteiger partial charge is 0.507 e. The van der Waals surface area contributed by atoms with Crippen LogP contribution < -0.4 is 4.74 Å². The summed E-state index contributed by atoms with van der Waals surface area (Å²) in [5.41, 5.74) is 1.15. The van der Waals surface area contributed by atoms with Gasteiger partial charge in [0.1, 0.15) is 11.5 Å². The molecular formula is C18H28O3. The van der Waals surface area contributed by atoms with Crippen LogP contribution in [0.15, 0.2) is 12.1 Å². The molecule has 0 bridgehead atoms. The summed E-state index contributed by atoms with van der Waals surface area (Å²) in [4.78, 5) is 11.7. The second-order valence-corrected chi connectivity index (χ2v) is 7.59. The fraction of sp³-hybridized carbons (Fsp3) is 0.611. The average molecular weight is 292 g/mol. The maximum Gasteiger partial charge on any atom is 0.311 e. The minimum absolute atomic E-state index is 0.225. The number of hydrogen-bond acceptors (Lipinski definition) is 3. The molecule has 1 aromatic carbocycles. The Hall–Kier alpha value is -1.51. The van der Waals surface area contributed by atoms with Gasteiger partial charge in [0.2, 0.25) is 0 Å². The van der Waals surface area contributed by atoms with Crippen molar-refractivity contribution in [3.05, 3.63) is 23.3 Å². The number of phenolic OH excluding ortho intramolecular Hbond substituents is 1. The van der Waals surface area contributed by atoms with Gasteiger partial charge in [-0.15, -0.1) is 0 Å². The molecule has 0 aromatic heterocycles. The molecule has 0 aliphatic heterocycles.